The van der Waals surface area contributed by atoms with Gasteiger partial charge in [-0.2, -0.15) is 0 Å². The Morgan fingerprint density at radius 2 is 2.17 bits per heavy atom. The molecule has 2 unspecified atom stereocenters. The minimum Gasteiger partial charge on any atom is -0.377 e. The van der Waals surface area contributed by atoms with E-state index >= 15 is 0 Å². The molecule has 1 N–H and O–H groups in total. The van der Waals surface area contributed by atoms with Crippen LogP contribution in [0, 0.1) is 0 Å². The van der Waals surface area contributed by atoms with E-state index in [9.17, 15) is 0 Å². The van der Waals surface area contributed by atoms with Crippen LogP contribution in [0.25, 0.3) is 0 Å². The zero-order valence-corrected chi connectivity index (χ0v) is 13.3. The number of ether oxygens (including phenoxy) is 1. The highest BCUT2D eigenvalue weighted by Gasteiger charge is 2.32. The van der Waals surface area contributed by atoms with Crippen molar-refractivity contribution in [3.63, 3.8) is 0 Å². The van der Waals surface area contributed by atoms with Crippen molar-refractivity contribution in [2.75, 3.05) is 13.7 Å². The Labute approximate surface area is 118 Å². The van der Waals surface area contributed by atoms with Gasteiger partial charge < -0.3 is 10.1 Å². The lowest BCUT2D eigenvalue weighted by Gasteiger charge is -2.36. The fourth-order valence-corrected chi connectivity index (χ4v) is 2.25. The standard InChI is InChI=1S/C14H23BrN2O/c1-5-14(3,18-4)13(16-6-2)9-12-8-7-11(15)10-17-12/h7-8,10,13,16H,5-6,9H2,1-4H3. The summed E-state index contributed by atoms with van der Waals surface area (Å²) in [5.41, 5.74) is 0.922. The molecule has 1 rings (SSSR count). The molecule has 0 spiro atoms. The van der Waals surface area contributed by atoms with E-state index in [2.05, 4.69) is 53.1 Å². The molecular formula is C14H23BrN2O. The lowest BCUT2D eigenvalue weighted by Crippen LogP contribution is -2.51. The molecule has 1 heterocycles. The number of rotatable bonds is 7. The number of likely N-dealkylation sites (N-methyl/N-ethyl adjacent to an activating group) is 1. The largest absolute Gasteiger partial charge is 0.377 e. The van der Waals surface area contributed by atoms with Crippen LogP contribution in [-0.2, 0) is 11.2 Å². The summed E-state index contributed by atoms with van der Waals surface area (Å²) in [5.74, 6) is 0. The SMILES string of the molecule is CCNC(Cc1ccc(Br)cn1)C(C)(CC)OC. The second-order valence-electron chi connectivity index (χ2n) is 4.65. The van der Waals surface area contributed by atoms with Gasteiger partial charge in [-0.25, -0.2) is 0 Å². The predicted molar refractivity (Wildman–Crippen MR) is 78.8 cm³/mol. The van der Waals surface area contributed by atoms with E-state index in [-0.39, 0.29) is 11.6 Å². The quantitative estimate of drug-likeness (QED) is 0.839. The first-order valence-corrected chi connectivity index (χ1v) is 7.24. The molecule has 1 aromatic rings. The van der Waals surface area contributed by atoms with E-state index in [1.54, 1.807) is 7.11 Å². The third-order valence-electron chi connectivity index (χ3n) is 3.56. The zero-order chi connectivity index (χ0) is 13.6. The number of methoxy groups -OCH3 is 1. The van der Waals surface area contributed by atoms with Crippen LogP contribution in [0.15, 0.2) is 22.8 Å². The van der Waals surface area contributed by atoms with Gasteiger partial charge in [0, 0.05) is 35.9 Å². The molecule has 0 aliphatic rings. The summed E-state index contributed by atoms with van der Waals surface area (Å²) >= 11 is 3.41. The highest BCUT2D eigenvalue weighted by Crippen LogP contribution is 2.22. The number of nitrogens with zero attached hydrogens (tertiary/aromatic N) is 1. The maximum atomic E-state index is 5.70. The summed E-state index contributed by atoms with van der Waals surface area (Å²) in [6, 6.07) is 4.35. The Bertz CT molecular complexity index is 349. The fraction of sp³-hybridized carbons (Fsp3) is 0.643. The highest BCUT2D eigenvalue weighted by molar-refractivity contribution is 9.10. The Kier molecular flexibility index (Phi) is 6.26. The topological polar surface area (TPSA) is 34.2 Å². The summed E-state index contributed by atoms with van der Waals surface area (Å²) in [6.45, 7) is 7.36. The molecule has 102 valence electrons. The van der Waals surface area contributed by atoms with Crippen LogP contribution in [-0.4, -0.2) is 30.3 Å². The summed E-state index contributed by atoms with van der Waals surface area (Å²) in [6.07, 6.45) is 3.69. The van der Waals surface area contributed by atoms with Crippen molar-refractivity contribution < 1.29 is 4.74 Å². The van der Waals surface area contributed by atoms with Crippen LogP contribution in [0.1, 0.15) is 32.9 Å². The van der Waals surface area contributed by atoms with Gasteiger partial charge in [-0.15, -0.1) is 0 Å². The van der Waals surface area contributed by atoms with Gasteiger partial charge in [0.15, 0.2) is 0 Å². The second kappa shape index (κ2) is 7.22. The van der Waals surface area contributed by atoms with E-state index < -0.39 is 0 Å². The van der Waals surface area contributed by atoms with Crippen molar-refractivity contribution >= 4 is 15.9 Å². The van der Waals surface area contributed by atoms with Gasteiger partial charge >= 0.3 is 0 Å². The predicted octanol–water partition coefficient (Wildman–Crippen LogP) is 3.18. The number of nitrogens with one attached hydrogen (secondary N) is 1. The Hall–Kier alpha value is -0.450. The first-order valence-electron chi connectivity index (χ1n) is 6.44. The first-order chi connectivity index (χ1) is 8.55. The lowest BCUT2D eigenvalue weighted by atomic mass is 9.89. The van der Waals surface area contributed by atoms with E-state index in [4.69, 9.17) is 4.74 Å². The van der Waals surface area contributed by atoms with Crippen molar-refractivity contribution in [1.29, 1.82) is 0 Å². The van der Waals surface area contributed by atoms with Gasteiger partial charge in [0.1, 0.15) is 0 Å². The number of hydrogen-bond donors (Lipinski definition) is 1. The molecule has 0 saturated heterocycles. The average Bonchev–Trinajstić information content (AvgIpc) is 2.40. The molecule has 3 nitrogen and oxygen atoms in total. The van der Waals surface area contributed by atoms with Crippen molar-refractivity contribution in [3.8, 4) is 0 Å². The van der Waals surface area contributed by atoms with E-state index in [0.29, 0.717) is 0 Å². The monoisotopic (exact) mass is 314 g/mol. The molecule has 0 amide bonds. The fourth-order valence-electron chi connectivity index (χ4n) is 2.02. The molecule has 0 aliphatic heterocycles. The molecule has 0 fully saturated rings. The smallest absolute Gasteiger partial charge is 0.0804 e. The van der Waals surface area contributed by atoms with Crippen molar-refractivity contribution in [1.82, 2.24) is 10.3 Å². The number of hydrogen-bond acceptors (Lipinski definition) is 3. The second-order valence-corrected chi connectivity index (χ2v) is 5.57. The molecule has 18 heavy (non-hydrogen) atoms. The molecular weight excluding hydrogens is 292 g/mol. The molecule has 1 aromatic heterocycles. The van der Waals surface area contributed by atoms with Gasteiger partial charge in [-0.3, -0.25) is 4.98 Å². The summed E-state index contributed by atoms with van der Waals surface area (Å²) in [7, 11) is 1.78. The minimum absolute atomic E-state index is 0.162. The van der Waals surface area contributed by atoms with Gasteiger partial charge in [-0.1, -0.05) is 13.8 Å². The summed E-state index contributed by atoms with van der Waals surface area (Å²) in [4.78, 5) is 4.44. The zero-order valence-electron chi connectivity index (χ0n) is 11.7. The van der Waals surface area contributed by atoms with Gasteiger partial charge in [-0.05, 0) is 48.0 Å². The Morgan fingerprint density at radius 1 is 1.44 bits per heavy atom. The molecule has 0 bridgehead atoms. The normalized spacial score (nSPS) is 16.3. The van der Waals surface area contributed by atoms with Crippen LogP contribution >= 0.6 is 15.9 Å². The Morgan fingerprint density at radius 3 is 2.61 bits per heavy atom. The van der Waals surface area contributed by atoms with Gasteiger partial charge in [0.05, 0.1) is 5.60 Å². The van der Waals surface area contributed by atoms with Crippen LogP contribution in [0.3, 0.4) is 0 Å². The van der Waals surface area contributed by atoms with Crippen LogP contribution in [0.4, 0.5) is 0 Å². The van der Waals surface area contributed by atoms with Crippen LogP contribution in [0.2, 0.25) is 0 Å². The number of pyridine rings is 1. The maximum absolute atomic E-state index is 5.70. The van der Waals surface area contributed by atoms with Crippen molar-refractivity contribution in [2.45, 2.75) is 45.3 Å². The van der Waals surface area contributed by atoms with Crippen molar-refractivity contribution in [3.05, 3.63) is 28.5 Å². The van der Waals surface area contributed by atoms with Gasteiger partial charge in [0.25, 0.3) is 0 Å². The summed E-state index contributed by atoms with van der Waals surface area (Å²) < 4.78 is 6.71. The Balaban J connectivity index is 2.82. The molecule has 0 saturated carbocycles. The first kappa shape index (κ1) is 15.6. The average molecular weight is 315 g/mol. The molecule has 4 heteroatoms. The van der Waals surface area contributed by atoms with E-state index in [1.807, 2.05) is 12.3 Å². The molecule has 0 aromatic carbocycles. The van der Waals surface area contributed by atoms with Crippen LogP contribution < -0.4 is 5.32 Å². The minimum atomic E-state index is -0.162. The van der Waals surface area contributed by atoms with E-state index in [0.717, 1.165) is 29.6 Å². The maximum Gasteiger partial charge on any atom is 0.0804 e. The van der Waals surface area contributed by atoms with Crippen molar-refractivity contribution in [2.24, 2.45) is 0 Å². The van der Waals surface area contributed by atoms with Crippen LogP contribution in [0.5, 0.6) is 0 Å². The highest BCUT2D eigenvalue weighted by atomic mass is 79.9. The molecule has 2 atom stereocenters. The third-order valence-corrected chi connectivity index (χ3v) is 4.03. The number of aromatic nitrogens is 1. The summed E-state index contributed by atoms with van der Waals surface area (Å²) in [5, 5.41) is 3.51. The third kappa shape index (κ3) is 4.04. The van der Waals surface area contributed by atoms with Gasteiger partial charge in [0.2, 0.25) is 0 Å². The lowest BCUT2D eigenvalue weighted by molar-refractivity contribution is -0.0286. The molecule has 0 aliphatic carbocycles. The van der Waals surface area contributed by atoms with E-state index in [1.165, 1.54) is 0 Å². The molecule has 0 radical (unpaired) electrons. The number of halogens is 1.